The second kappa shape index (κ2) is 6.93. The number of aryl methyl sites for hydroxylation is 1. The summed E-state index contributed by atoms with van der Waals surface area (Å²) in [6.45, 7) is 4.52. The molecule has 122 valence electrons. The number of imidazole rings is 1. The normalized spacial score (nSPS) is 15.9. The van der Waals surface area contributed by atoms with E-state index in [1.165, 1.54) is 0 Å². The fraction of sp³-hybridized carbons (Fsp3) is 0.412. The number of piperidine rings is 1. The van der Waals surface area contributed by atoms with Crippen molar-refractivity contribution in [1.82, 2.24) is 14.5 Å². The molecule has 0 spiro atoms. The third-order valence-electron chi connectivity index (χ3n) is 4.39. The average Bonchev–Trinajstić information content (AvgIpc) is 2.91. The van der Waals surface area contributed by atoms with Crippen LogP contribution in [-0.2, 0) is 6.54 Å². The van der Waals surface area contributed by atoms with Crippen LogP contribution in [0.2, 0.25) is 10.0 Å². The highest BCUT2D eigenvalue weighted by atomic mass is 35.5. The molecule has 1 amide bonds. The highest BCUT2D eigenvalue weighted by Crippen LogP contribution is 2.24. The van der Waals surface area contributed by atoms with Gasteiger partial charge in [-0.1, -0.05) is 23.2 Å². The molecule has 23 heavy (non-hydrogen) atoms. The van der Waals surface area contributed by atoms with E-state index >= 15 is 0 Å². The Bertz CT molecular complexity index is 685. The molecule has 0 unspecified atom stereocenters. The SMILES string of the molecule is Cc1nccn1CC1CCN(C(=O)c2cc(Cl)cc(Cl)c2)CC1. The van der Waals surface area contributed by atoms with Crippen molar-refractivity contribution in [1.29, 1.82) is 0 Å². The van der Waals surface area contributed by atoms with Gasteiger partial charge < -0.3 is 9.47 Å². The number of carbonyl (C=O) groups is 1. The van der Waals surface area contributed by atoms with Gasteiger partial charge in [-0.2, -0.15) is 0 Å². The predicted molar refractivity (Wildman–Crippen MR) is 92.1 cm³/mol. The molecule has 1 aliphatic rings. The van der Waals surface area contributed by atoms with Gasteiger partial charge in [-0.15, -0.1) is 0 Å². The van der Waals surface area contributed by atoms with E-state index in [4.69, 9.17) is 23.2 Å². The van der Waals surface area contributed by atoms with Crippen molar-refractivity contribution in [3.8, 4) is 0 Å². The van der Waals surface area contributed by atoms with Crippen LogP contribution in [0.1, 0.15) is 29.0 Å². The predicted octanol–water partition coefficient (Wildman–Crippen LogP) is 4.05. The van der Waals surface area contributed by atoms with Crippen LogP contribution in [0.25, 0.3) is 0 Å². The van der Waals surface area contributed by atoms with Gasteiger partial charge in [0.05, 0.1) is 0 Å². The quantitative estimate of drug-likeness (QED) is 0.836. The molecule has 1 fully saturated rings. The van der Waals surface area contributed by atoms with Crippen LogP contribution in [0.3, 0.4) is 0 Å². The summed E-state index contributed by atoms with van der Waals surface area (Å²) in [4.78, 5) is 18.7. The average molecular weight is 352 g/mol. The molecular weight excluding hydrogens is 333 g/mol. The second-order valence-corrected chi connectivity index (χ2v) is 6.89. The first-order chi connectivity index (χ1) is 11.0. The summed E-state index contributed by atoms with van der Waals surface area (Å²) < 4.78 is 2.18. The number of hydrogen-bond acceptors (Lipinski definition) is 2. The fourth-order valence-corrected chi connectivity index (χ4v) is 3.58. The summed E-state index contributed by atoms with van der Waals surface area (Å²) >= 11 is 12.0. The smallest absolute Gasteiger partial charge is 0.253 e. The Hall–Kier alpha value is -1.52. The van der Waals surface area contributed by atoms with Crippen LogP contribution in [-0.4, -0.2) is 33.4 Å². The molecule has 6 heteroatoms. The number of rotatable bonds is 3. The molecule has 3 rings (SSSR count). The molecule has 0 atom stereocenters. The van der Waals surface area contributed by atoms with Crippen molar-refractivity contribution in [3.63, 3.8) is 0 Å². The van der Waals surface area contributed by atoms with Crippen molar-refractivity contribution < 1.29 is 4.79 Å². The lowest BCUT2D eigenvalue weighted by molar-refractivity contribution is 0.0682. The first-order valence-electron chi connectivity index (χ1n) is 7.76. The molecule has 1 aromatic heterocycles. The van der Waals surface area contributed by atoms with Crippen molar-refractivity contribution in [2.75, 3.05) is 13.1 Å². The Morgan fingerprint density at radius 2 is 1.87 bits per heavy atom. The number of halogens is 2. The van der Waals surface area contributed by atoms with Crippen LogP contribution in [0.15, 0.2) is 30.6 Å². The molecule has 2 heterocycles. The van der Waals surface area contributed by atoms with Gasteiger partial charge in [0.25, 0.3) is 5.91 Å². The molecule has 2 aromatic rings. The molecular formula is C17H19Cl2N3O. The lowest BCUT2D eigenvalue weighted by atomic mass is 9.96. The van der Waals surface area contributed by atoms with E-state index in [-0.39, 0.29) is 5.91 Å². The molecule has 0 radical (unpaired) electrons. The van der Waals surface area contributed by atoms with Gasteiger partial charge in [-0.05, 0) is 43.9 Å². The maximum absolute atomic E-state index is 12.6. The Morgan fingerprint density at radius 3 is 2.43 bits per heavy atom. The van der Waals surface area contributed by atoms with Gasteiger partial charge in [0, 0.05) is 47.6 Å². The fourth-order valence-electron chi connectivity index (χ4n) is 3.05. The lowest BCUT2D eigenvalue weighted by Crippen LogP contribution is -2.39. The zero-order valence-corrected chi connectivity index (χ0v) is 14.5. The van der Waals surface area contributed by atoms with Crippen LogP contribution in [0, 0.1) is 12.8 Å². The highest BCUT2D eigenvalue weighted by Gasteiger charge is 2.24. The Morgan fingerprint density at radius 1 is 1.22 bits per heavy atom. The van der Waals surface area contributed by atoms with Gasteiger partial charge in [0.2, 0.25) is 0 Å². The van der Waals surface area contributed by atoms with Crippen LogP contribution in [0.4, 0.5) is 0 Å². The van der Waals surface area contributed by atoms with Crippen LogP contribution in [0.5, 0.6) is 0 Å². The number of hydrogen-bond donors (Lipinski definition) is 0. The van der Waals surface area contributed by atoms with Crippen LogP contribution < -0.4 is 0 Å². The van der Waals surface area contributed by atoms with Crippen molar-refractivity contribution in [2.24, 2.45) is 5.92 Å². The highest BCUT2D eigenvalue weighted by molar-refractivity contribution is 6.35. The lowest BCUT2D eigenvalue weighted by Gasteiger charge is -2.32. The summed E-state index contributed by atoms with van der Waals surface area (Å²) in [6, 6.07) is 4.99. The summed E-state index contributed by atoms with van der Waals surface area (Å²) in [5.41, 5.74) is 0.561. The van der Waals surface area contributed by atoms with Crippen molar-refractivity contribution in [2.45, 2.75) is 26.3 Å². The Labute approximate surface area is 146 Å². The van der Waals surface area contributed by atoms with Gasteiger partial charge in [-0.25, -0.2) is 4.98 Å². The third-order valence-corrected chi connectivity index (χ3v) is 4.83. The van der Waals surface area contributed by atoms with Gasteiger partial charge in [0.15, 0.2) is 0 Å². The first-order valence-corrected chi connectivity index (χ1v) is 8.51. The molecule has 1 aliphatic heterocycles. The number of benzene rings is 1. The van der Waals surface area contributed by atoms with Crippen molar-refractivity contribution in [3.05, 3.63) is 52.0 Å². The van der Waals surface area contributed by atoms with E-state index in [0.29, 0.717) is 21.5 Å². The Kier molecular flexibility index (Phi) is 4.93. The number of amides is 1. The standard InChI is InChI=1S/C17H19Cl2N3O/c1-12-20-4-7-22(12)11-13-2-5-21(6-3-13)17(23)14-8-15(18)10-16(19)9-14/h4,7-10,13H,2-3,5-6,11H2,1H3. The molecule has 4 nitrogen and oxygen atoms in total. The summed E-state index contributed by atoms with van der Waals surface area (Å²) in [5, 5.41) is 0.984. The maximum Gasteiger partial charge on any atom is 0.253 e. The van der Waals surface area contributed by atoms with E-state index in [1.54, 1.807) is 18.2 Å². The third kappa shape index (κ3) is 3.88. The molecule has 0 saturated carbocycles. The van der Waals surface area contributed by atoms with E-state index in [0.717, 1.165) is 38.3 Å². The van der Waals surface area contributed by atoms with E-state index < -0.39 is 0 Å². The molecule has 0 aliphatic carbocycles. The van der Waals surface area contributed by atoms with E-state index in [2.05, 4.69) is 9.55 Å². The number of aromatic nitrogens is 2. The topological polar surface area (TPSA) is 38.1 Å². The number of likely N-dealkylation sites (tertiary alicyclic amines) is 1. The largest absolute Gasteiger partial charge is 0.339 e. The van der Waals surface area contributed by atoms with Gasteiger partial charge in [0.1, 0.15) is 5.82 Å². The maximum atomic E-state index is 12.6. The van der Waals surface area contributed by atoms with Gasteiger partial charge >= 0.3 is 0 Å². The minimum absolute atomic E-state index is 0.00617. The first kappa shape index (κ1) is 16.3. The second-order valence-electron chi connectivity index (χ2n) is 6.02. The van der Waals surface area contributed by atoms with Crippen molar-refractivity contribution >= 4 is 29.1 Å². The van der Waals surface area contributed by atoms with Gasteiger partial charge in [-0.3, -0.25) is 4.79 Å². The summed E-state index contributed by atoms with van der Waals surface area (Å²) in [7, 11) is 0. The van der Waals surface area contributed by atoms with Crippen LogP contribution >= 0.6 is 23.2 Å². The monoisotopic (exact) mass is 351 g/mol. The zero-order valence-electron chi connectivity index (χ0n) is 13.0. The summed E-state index contributed by atoms with van der Waals surface area (Å²) in [6.07, 6.45) is 5.84. The number of carbonyl (C=O) groups excluding carboxylic acids is 1. The molecule has 0 bridgehead atoms. The number of nitrogens with zero attached hydrogens (tertiary/aromatic N) is 3. The molecule has 1 saturated heterocycles. The minimum atomic E-state index is 0.00617. The minimum Gasteiger partial charge on any atom is -0.339 e. The zero-order chi connectivity index (χ0) is 16.4. The van der Waals surface area contributed by atoms with E-state index in [9.17, 15) is 4.79 Å². The Balaban J connectivity index is 1.60. The molecule has 0 N–H and O–H groups in total. The molecule has 1 aromatic carbocycles. The summed E-state index contributed by atoms with van der Waals surface area (Å²) in [5.74, 6) is 1.62. The van der Waals surface area contributed by atoms with E-state index in [1.807, 2.05) is 24.2 Å².